The summed E-state index contributed by atoms with van der Waals surface area (Å²) in [6.07, 6.45) is 1.46. The summed E-state index contributed by atoms with van der Waals surface area (Å²) in [7, 11) is 0. The van der Waals surface area contributed by atoms with E-state index in [1.807, 2.05) is 19.1 Å². The first-order valence-electron chi connectivity index (χ1n) is 12.1. The van der Waals surface area contributed by atoms with Gasteiger partial charge < -0.3 is 14.4 Å². The molecule has 0 atom stereocenters. The summed E-state index contributed by atoms with van der Waals surface area (Å²) < 4.78 is 51.6. The number of rotatable bonds is 9. The van der Waals surface area contributed by atoms with Crippen LogP contribution in [0.2, 0.25) is 0 Å². The molecule has 2 aromatic rings. The molecule has 0 bridgehead atoms. The molecule has 0 radical (unpaired) electrons. The number of amidine groups is 1. The van der Waals surface area contributed by atoms with Crippen LogP contribution in [-0.4, -0.2) is 58.5 Å². The first kappa shape index (κ1) is 24.5. The molecule has 4 rings (SSSR count). The second kappa shape index (κ2) is 11.2. The fourth-order valence-corrected chi connectivity index (χ4v) is 4.48. The molecule has 0 aliphatic carbocycles. The Morgan fingerprint density at radius 3 is 2.41 bits per heavy atom. The van der Waals surface area contributed by atoms with Crippen molar-refractivity contribution in [3.05, 3.63) is 41.5 Å². The SMILES string of the molecule is CCOCCCCCOc1ccc(C2CCN(C3=Nn4c(nnc4C(F)(F)F)CC3)CC2)cc1. The van der Waals surface area contributed by atoms with Crippen LogP contribution in [0.15, 0.2) is 29.4 Å². The average Bonchev–Trinajstić information content (AvgIpc) is 3.28. The maximum absolute atomic E-state index is 13.2. The third kappa shape index (κ3) is 6.08. The number of hydrogen-bond donors (Lipinski definition) is 0. The lowest BCUT2D eigenvalue weighted by Gasteiger charge is -2.35. The van der Waals surface area contributed by atoms with Crippen molar-refractivity contribution in [2.24, 2.45) is 5.10 Å². The van der Waals surface area contributed by atoms with Crippen LogP contribution in [0.1, 0.15) is 68.6 Å². The van der Waals surface area contributed by atoms with Crippen molar-refractivity contribution in [2.75, 3.05) is 32.9 Å². The molecule has 2 aliphatic heterocycles. The van der Waals surface area contributed by atoms with Crippen LogP contribution < -0.4 is 4.74 Å². The lowest BCUT2D eigenvalue weighted by atomic mass is 9.89. The van der Waals surface area contributed by atoms with Gasteiger partial charge in [0.15, 0.2) is 5.82 Å². The number of halogens is 3. The fraction of sp³-hybridized carbons (Fsp3) is 0.625. The molecule has 1 fully saturated rings. The van der Waals surface area contributed by atoms with Crippen LogP contribution in [0.5, 0.6) is 5.75 Å². The number of likely N-dealkylation sites (tertiary alicyclic amines) is 1. The lowest BCUT2D eigenvalue weighted by Crippen LogP contribution is -2.40. The van der Waals surface area contributed by atoms with Gasteiger partial charge in [-0.25, -0.2) is 0 Å². The maximum Gasteiger partial charge on any atom is 0.453 e. The average molecular weight is 480 g/mol. The Kier molecular flexibility index (Phi) is 8.07. The Morgan fingerprint density at radius 1 is 0.971 bits per heavy atom. The molecule has 3 heterocycles. The van der Waals surface area contributed by atoms with E-state index in [9.17, 15) is 13.2 Å². The second-order valence-electron chi connectivity index (χ2n) is 8.70. The van der Waals surface area contributed by atoms with Crippen LogP contribution >= 0.6 is 0 Å². The van der Waals surface area contributed by atoms with Crippen LogP contribution in [0, 0.1) is 0 Å². The molecule has 7 nitrogen and oxygen atoms in total. The molecule has 0 amide bonds. The standard InChI is InChI=1S/C24H32F3N5O2/c1-2-33-16-4-3-5-17-34-20-8-6-18(7-9-20)19-12-14-31(15-13-19)22-11-10-21-28-29-23(24(25,26)27)32(21)30-22/h6-9,19H,2-5,10-17H2,1H3. The summed E-state index contributed by atoms with van der Waals surface area (Å²) >= 11 is 0. The number of unbranched alkanes of at least 4 members (excludes halogenated alkanes) is 2. The molecule has 0 saturated carbocycles. The smallest absolute Gasteiger partial charge is 0.453 e. The predicted octanol–water partition coefficient (Wildman–Crippen LogP) is 4.87. The van der Waals surface area contributed by atoms with Crippen molar-refractivity contribution >= 4 is 5.84 Å². The molecule has 1 aromatic heterocycles. The van der Waals surface area contributed by atoms with Gasteiger partial charge in [0.05, 0.1) is 6.61 Å². The van der Waals surface area contributed by atoms with Crippen LogP contribution in [0.25, 0.3) is 0 Å². The van der Waals surface area contributed by atoms with E-state index in [4.69, 9.17) is 9.47 Å². The number of aromatic nitrogens is 3. The van der Waals surface area contributed by atoms with Crippen LogP contribution in [0.4, 0.5) is 13.2 Å². The minimum Gasteiger partial charge on any atom is -0.494 e. The first-order chi connectivity index (χ1) is 16.5. The van der Waals surface area contributed by atoms with Crippen LogP contribution in [-0.2, 0) is 17.3 Å². The molecule has 2 aliphatic rings. The molecular weight excluding hydrogens is 447 g/mol. The monoisotopic (exact) mass is 479 g/mol. The Bertz CT molecular complexity index is 951. The summed E-state index contributed by atoms with van der Waals surface area (Å²) in [4.78, 5) is 2.10. The zero-order chi connectivity index (χ0) is 24.0. The maximum atomic E-state index is 13.2. The van der Waals surface area contributed by atoms with Gasteiger partial charge in [-0.2, -0.15) is 22.9 Å². The molecule has 0 spiro atoms. The lowest BCUT2D eigenvalue weighted by molar-refractivity contribution is -0.147. The molecule has 0 unspecified atom stereocenters. The first-order valence-corrected chi connectivity index (χ1v) is 12.1. The zero-order valence-corrected chi connectivity index (χ0v) is 19.6. The number of piperidine rings is 1. The number of nitrogens with zero attached hydrogens (tertiary/aromatic N) is 5. The Balaban J connectivity index is 1.25. The van der Waals surface area contributed by atoms with Crippen molar-refractivity contribution in [2.45, 2.75) is 64.0 Å². The van der Waals surface area contributed by atoms with Gasteiger partial charge in [0.1, 0.15) is 11.6 Å². The minimum absolute atomic E-state index is 0.263. The Labute approximate surface area is 197 Å². The number of ether oxygens (including phenoxy) is 2. The van der Waals surface area contributed by atoms with Gasteiger partial charge in [-0.15, -0.1) is 10.2 Å². The summed E-state index contributed by atoms with van der Waals surface area (Å²) in [5.41, 5.74) is 1.27. The van der Waals surface area contributed by atoms with E-state index in [0.717, 1.165) is 68.8 Å². The zero-order valence-electron chi connectivity index (χ0n) is 19.6. The Morgan fingerprint density at radius 2 is 1.71 bits per heavy atom. The van der Waals surface area contributed by atoms with Gasteiger partial charge in [0.2, 0.25) is 0 Å². The van der Waals surface area contributed by atoms with Gasteiger partial charge in [0.25, 0.3) is 5.82 Å². The number of alkyl halides is 3. The van der Waals surface area contributed by atoms with Crippen molar-refractivity contribution in [1.29, 1.82) is 0 Å². The fourth-order valence-electron chi connectivity index (χ4n) is 4.48. The highest BCUT2D eigenvalue weighted by atomic mass is 19.4. The molecule has 1 saturated heterocycles. The van der Waals surface area contributed by atoms with Crippen molar-refractivity contribution in [1.82, 2.24) is 19.8 Å². The van der Waals surface area contributed by atoms with Crippen molar-refractivity contribution in [3.63, 3.8) is 0 Å². The van der Waals surface area contributed by atoms with Crippen molar-refractivity contribution < 1.29 is 22.6 Å². The van der Waals surface area contributed by atoms with E-state index in [2.05, 4.69) is 32.3 Å². The normalized spacial score (nSPS) is 16.9. The molecule has 10 heteroatoms. The van der Waals surface area contributed by atoms with Crippen LogP contribution in [0.3, 0.4) is 0 Å². The van der Waals surface area contributed by atoms with Gasteiger partial charge >= 0.3 is 6.18 Å². The predicted molar refractivity (Wildman–Crippen MR) is 122 cm³/mol. The highest BCUT2D eigenvalue weighted by Crippen LogP contribution is 2.32. The summed E-state index contributed by atoms with van der Waals surface area (Å²) in [5, 5.41) is 11.2. The van der Waals surface area contributed by atoms with Crippen molar-refractivity contribution in [3.8, 4) is 5.75 Å². The third-order valence-electron chi connectivity index (χ3n) is 6.36. The van der Waals surface area contributed by atoms with E-state index in [1.165, 1.54) is 5.56 Å². The van der Waals surface area contributed by atoms with Gasteiger partial charge in [0, 0.05) is 39.1 Å². The molecule has 0 N–H and O–H groups in total. The van der Waals surface area contributed by atoms with E-state index in [-0.39, 0.29) is 5.82 Å². The van der Waals surface area contributed by atoms with Gasteiger partial charge in [-0.1, -0.05) is 12.1 Å². The number of fused-ring (bicyclic) bond motifs is 1. The van der Waals surface area contributed by atoms with E-state index < -0.39 is 12.0 Å². The highest BCUT2D eigenvalue weighted by molar-refractivity contribution is 5.83. The van der Waals surface area contributed by atoms with Gasteiger partial charge in [-0.3, -0.25) is 0 Å². The largest absolute Gasteiger partial charge is 0.494 e. The number of hydrogen-bond acceptors (Lipinski definition) is 6. The highest BCUT2D eigenvalue weighted by Gasteiger charge is 2.40. The minimum atomic E-state index is -4.57. The number of aryl methyl sites for hydroxylation is 1. The molecule has 186 valence electrons. The third-order valence-corrected chi connectivity index (χ3v) is 6.36. The summed E-state index contributed by atoms with van der Waals surface area (Å²) in [6, 6.07) is 8.31. The number of benzene rings is 1. The quantitative estimate of drug-likeness (QED) is 0.480. The topological polar surface area (TPSA) is 64.8 Å². The summed E-state index contributed by atoms with van der Waals surface area (Å²) in [6.45, 7) is 5.82. The molecule has 34 heavy (non-hydrogen) atoms. The molecule has 1 aromatic carbocycles. The molecular formula is C24H32F3N5O2. The van der Waals surface area contributed by atoms with E-state index >= 15 is 0 Å². The van der Waals surface area contributed by atoms with Gasteiger partial charge in [-0.05, 0) is 62.6 Å². The second-order valence-corrected chi connectivity index (χ2v) is 8.70. The van der Waals surface area contributed by atoms with E-state index in [0.29, 0.717) is 31.2 Å². The Hall–Kier alpha value is -2.62. The van der Waals surface area contributed by atoms with E-state index in [1.54, 1.807) is 0 Å². The summed E-state index contributed by atoms with van der Waals surface area (Å²) in [5.74, 6) is 1.19.